The van der Waals surface area contributed by atoms with Crippen LogP contribution in [0, 0.1) is 5.82 Å². The monoisotopic (exact) mass is 267 g/mol. The number of rotatable bonds is 4. The Balaban J connectivity index is 2.72. The molecule has 0 aromatic heterocycles. The van der Waals surface area contributed by atoms with Crippen molar-refractivity contribution in [2.45, 2.75) is 52.6 Å². The molecule has 0 fully saturated rings. The maximum absolute atomic E-state index is 13.5. The lowest BCUT2D eigenvalue weighted by Crippen LogP contribution is -2.27. The summed E-state index contributed by atoms with van der Waals surface area (Å²) >= 11 is 0. The first-order chi connectivity index (χ1) is 8.80. The Kier molecular flexibility index (Phi) is 5.33. The number of benzene rings is 1. The van der Waals surface area contributed by atoms with Crippen molar-refractivity contribution in [3.05, 3.63) is 29.6 Å². The molecule has 4 heteroatoms. The molecule has 0 bridgehead atoms. The SMILES string of the molecule is CCCCc1cc(F)cc(NC(=O)OC(C)(C)C)c1. The minimum atomic E-state index is -0.570. The number of ether oxygens (including phenoxy) is 1. The minimum absolute atomic E-state index is 0.348. The molecule has 0 heterocycles. The van der Waals surface area contributed by atoms with Crippen LogP contribution in [0.1, 0.15) is 46.1 Å². The summed E-state index contributed by atoms with van der Waals surface area (Å²) in [6, 6.07) is 4.57. The van der Waals surface area contributed by atoms with E-state index in [-0.39, 0.29) is 5.82 Å². The topological polar surface area (TPSA) is 38.3 Å². The fourth-order valence-electron chi connectivity index (χ4n) is 1.67. The Labute approximate surface area is 114 Å². The molecular formula is C15H22FNO2. The van der Waals surface area contributed by atoms with Gasteiger partial charge in [-0.3, -0.25) is 5.32 Å². The van der Waals surface area contributed by atoms with E-state index >= 15 is 0 Å². The Morgan fingerprint density at radius 3 is 2.58 bits per heavy atom. The summed E-state index contributed by atoms with van der Waals surface area (Å²) in [4.78, 5) is 11.6. The van der Waals surface area contributed by atoms with Gasteiger partial charge in [0.15, 0.2) is 0 Å². The smallest absolute Gasteiger partial charge is 0.412 e. The fraction of sp³-hybridized carbons (Fsp3) is 0.533. The number of amides is 1. The fourth-order valence-corrected chi connectivity index (χ4v) is 1.67. The van der Waals surface area contributed by atoms with Crippen molar-refractivity contribution in [2.24, 2.45) is 0 Å². The van der Waals surface area contributed by atoms with Gasteiger partial charge in [0, 0.05) is 5.69 Å². The molecule has 1 aromatic rings. The van der Waals surface area contributed by atoms with E-state index in [9.17, 15) is 9.18 Å². The third kappa shape index (κ3) is 6.22. The predicted molar refractivity (Wildman–Crippen MR) is 74.9 cm³/mol. The molecule has 0 saturated carbocycles. The molecule has 0 atom stereocenters. The van der Waals surface area contributed by atoms with Crippen LogP contribution in [0.3, 0.4) is 0 Å². The van der Waals surface area contributed by atoms with Crippen LogP contribution >= 0.6 is 0 Å². The van der Waals surface area contributed by atoms with E-state index in [1.54, 1.807) is 26.8 Å². The van der Waals surface area contributed by atoms with Crippen molar-refractivity contribution in [1.82, 2.24) is 0 Å². The number of carbonyl (C=O) groups excluding carboxylic acids is 1. The molecule has 0 unspecified atom stereocenters. The minimum Gasteiger partial charge on any atom is -0.444 e. The van der Waals surface area contributed by atoms with E-state index in [4.69, 9.17) is 4.74 Å². The van der Waals surface area contributed by atoms with Gasteiger partial charge in [0.25, 0.3) is 0 Å². The predicted octanol–water partition coefficient (Wildman–Crippen LogP) is 4.52. The largest absolute Gasteiger partial charge is 0.444 e. The Hall–Kier alpha value is -1.58. The van der Waals surface area contributed by atoms with Gasteiger partial charge in [0.05, 0.1) is 0 Å². The van der Waals surface area contributed by atoms with Crippen molar-refractivity contribution in [2.75, 3.05) is 5.32 Å². The average Bonchev–Trinajstić information content (AvgIpc) is 2.22. The number of carbonyl (C=O) groups is 1. The van der Waals surface area contributed by atoms with Gasteiger partial charge >= 0.3 is 6.09 Å². The maximum atomic E-state index is 13.5. The van der Waals surface area contributed by atoms with Crippen molar-refractivity contribution in [1.29, 1.82) is 0 Å². The second kappa shape index (κ2) is 6.55. The number of aryl methyl sites for hydroxylation is 1. The van der Waals surface area contributed by atoms with Gasteiger partial charge in [0.2, 0.25) is 0 Å². The summed E-state index contributed by atoms with van der Waals surface area (Å²) < 4.78 is 18.6. The number of hydrogen-bond donors (Lipinski definition) is 1. The van der Waals surface area contributed by atoms with E-state index < -0.39 is 11.7 Å². The first-order valence-corrected chi connectivity index (χ1v) is 6.59. The van der Waals surface area contributed by atoms with E-state index in [1.165, 1.54) is 12.1 Å². The molecule has 0 aliphatic carbocycles. The third-order valence-corrected chi connectivity index (χ3v) is 2.42. The van der Waals surface area contributed by atoms with Crippen molar-refractivity contribution < 1.29 is 13.9 Å². The lowest BCUT2D eigenvalue weighted by Gasteiger charge is -2.19. The number of nitrogens with one attached hydrogen (secondary N) is 1. The second-order valence-corrected chi connectivity index (χ2v) is 5.58. The summed E-state index contributed by atoms with van der Waals surface area (Å²) in [6.07, 6.45) is 2.28. The van der Waals surface area contributed by atoms with Crippen LogP contribution in [0.2, 0.25) is 0 Å². The lowest BCUT2D eigenvalue weighted by molar-refractivity contribution is 0.0636. The highest BCUT2D eigenvalue weighted by atomic mass is 19.1. The Morgan fingerprint density at radius 2 is 2.00 bits per heavy atom. The van der Waals surface area contributed by atoms with Gasteiger partial charge in [-0.05, 0) is 57.4 Å². The summed E-state index contributed by atoms with van der Waals surface area (Å²) in [5, 5.41) is 2.55. The molecule has 1 rings (SSSR count). The van der Waals surface area contributed by atoms with Crippen LogP contribution in [0.4, 0.5) is 14.9 Å². The number of hydrogen-bond acceptors (Lipinski definition) is 2. The van der Waals surface area contributed by atoms with Crippen LogP contribution < -0.4 is 5.32 Å². The molecular weight excluding hydrogens is 245 g/mol. The molecule has 0 radical (unpaired) electrons. The highest BCUT2D eigenvalue weighted by molar-refractivity contribution is 5.84. The number of unbranched alkanes of at least 4 members (excludes halogenated alkanes) is 1. The van der Waals surface area contributed by atoms with E-state index in [0.717, 1.165) is 24.8 Å². The molecule has 0 aliphatic rings. The zero-order chi connectivity index (χ0) is 14.5. The van der Waals surface area contributed by atoms with Gasteiger partial charge in [-0.2, -0.15) is 0 Å². The third-order valence-electron chi connectivity index (χ3n) is 2.42. The van der Waals surface area contributed by atoms with Crippen molar-refractivity contribution in [3.8, 4) is 0 Å². The van der Waals surface area contributed by atoms with Gasteiger partial charge in [-0.1, -0.05) is 13.3 Å². The van der Waals surface area contributed by atoms with Gasteiger partial charge in [-0.25, -0.2) is 9.18 Å². The van der Waals surface area contributed by atoms with Crippen LogP contribution in [-0.2, 0) is 11.2 Å². The number of halogens is 1. The average molecular weight is 267 g/mol. The molecule has 106 valence electrons. The first kappa shape index (κ1) is 15.5. The zero-order valence-corrected chi connectivity index (χ0v) is 12.0. The van der Waals surface area contributed by atoms with Crippen LogP contribution in [0.25, 0.3) is 0 Å². The normalized spacial score (nSPS) is 11.2. The van der Waals surface area contributed by atoms with E-state index in [0.29, 0.717) is 5.69 Å². The molecule has 1 N–H and O–H groups in total. The molecule has 19 heavy (non-hydrogen) atoms. The summed E-state index contributed by atoms with van der Waals surface area (Å²) in [6.45, 7) is 7.43. The quantitative estimate of drug-likeness (QED) is 0.871. The zero-order valence-electron chi connectivity index (χ0n) is 12.0. The van der Waals surface area contributed by atoms with Crippen LogP contribution in [0.5, 0.6) is 0 Å². The molecule has 1 amide bonds. The molecule has 0 aliphatic heterocycles. The van der Waals surface area contributed by atoms with Crippen molar-refractivity contribution >= 4 is 11.8 Å². The van der Waals surface area contributed by atoms with Crippen LogP contribution in [-0.4, -0.2) is 11.7 Å². The molecule has 0 spiro atoms. The van der Waals surface area contributed by atoms with Gasteiger partial charge < -0.3 is 4.74 Å². The molecule has 3 nitrogen and oxygen atoms in total. The van der Waals surface area contributed by atoms with Crippen LogP contribution in [0.15, 0.2) is 18.2 Å². The van der Waals surface area contributed by atoms with E-state index in [2.05, 4.69) is 12.2 Å². The Morgan fingerprint density at radius 1 is 1.32 bits per heavy atom. The summed E-state index contributed by atoms with van der Waals surface area (Å²) in [5.41, 5.74) is 0.746. The Bertz CT molecular complexity index is 438. The molecule has 0 saturated heterocycles. The van der Waals surface area contributed by atoms with Crippen molar-refractivity contribution in [3.63, 3.8) is 0 Å². The molecule has 1 aromatic carbocycles. The first-order valence-electron chi connectivity index (χ1n) is 6.59. The standard InChI is InChI=1S/C15H22FNO2/c1-5-6-7-11-8-12(16)10-13(9-11)17-14(18)19-15(2,3)4/h8-10H,5-7H2,1-4H3,(H,17,18). The van der Waals surface area contributed by atoms with Gasteiger partial charge in [-0.15, -0.1) is 0 Å². The highest BCUT2D eigenvalue weighted by Gasteiger charge is 2.16. The highest BCUT2D eigenvalue weighted by Crippen LogP contribution is 2.17. The van der Waals surface area contributed by atoms with Gasteiger partial charge in [0.1, 0.15) is 11.4 Å². The lowest BCUT2D eigenvalue weighted by atomic mass is 10.1. The number of anilines is 1. The summed E-state index contributed by atoms with van der Waals surface area (Å²) in [5.74, 6) is -0.348. The maximum Gasteiger partial charge on any atom is 0.412 e. The summed E-state index contributed by atoms with van der Waals surface area (Å²) in [7, 11) is 0. The van der Waals surface area contributed by atoms with E-state index in [1.807, 2.05) is 0 Å². The second-order valence-electron chi connectivity index (χ2n) is 5.58.